The summed E-state index contributed by atoms with van der Waals surface area (Å²) in [5.74, 6) is 0. The molecule has 0 aliphatic carbocycles. The Bertz CT molecular complexity index is 313. The zero-order chi connectivity index (χ0) is 10.8. The van der Waals surface area contributed by atoms with Crippen molar-refractivity contribution in [1.29, 1.82) is 0 Å². The monoisotopic (exact) mass is 193 g/mol. The lowest BCUT2D eigenvalue weighted by atomic mass is 10.1. The average molecular weight is 193 g/mol. The molecule has 78 valence electrons. The number of hydrogen-bond donors (Lipinski definition) is 2. The van der Waals surface area contributed by atoms with Crippen molar-refractivity contribution in [2.75, 3.05) is 5.32 Å². The lowest BCUT2D eigenvalue weighted by Gasteiger charge is -2.24. The van der Waals surface area contributed by atoms with Gasteiger partial charge in [0.05, 0.1) is 0 Å². The summed E-state index contributed by atoms with van der Waals surface area (Å²) in [4.78, 5) is 4.22. The average Bonchev–Trinajstić information content (AvgIpc) is 2.01. The van der Waals surface area contributed by atoms with Crippen LogP contribution in [0.1, 0.15) is 32.0 Å². The Morgan fingerprint density at radius 1 is 1.43 bits per heavy atom. The summed E-state index contributed by atoms with van der Waals surface area (Å²) in [6, 6.07) is 2.04. The van der Waals surface area contributed by atoms with Crippen LogP contribution in [0.2, 0.25) is 0 Å². The molecule has 0 amide bonds. The molecule has 1 aromatic rings. The second kappa shape index (κ2) is 3.96. The molecule has 14 heavy (non-hydrogen) atoms. The van der Waals surface area contributed by atoms with E-state index in [1.165, 1.54) is 0 Å². The number of pyridine rings is 1. The van der Waals surface area contributed by atoms with Gasteiger partial charge in [-0.2, -0.15) is 0 Å². The van der Waals surface area contributed by atoms with Crippen LogP contribution < -0.4 is 11.1 Å². The van der Waals surface area contributed by atoms with Gasteiger partial charge in [0, 0.05) is 35.2 Å². The molecule has 0 aromatic carbocycles. The maximum atomic E-state index is 5.64. The third-order valence-corrected chi connectivity index (χ3v) is 1.85. The van der Waals surface area contributed by atoms with Gasteiger partial charge in [-0.25, -0.2) is 0 Å². The number of rotatable bonds is 2. The summed E-state index contributed by atoms with van der Waals surface area (Å²) in [7, 11) is 0. The van der Waals surface area contributed by atoms with E-state index in [0.717, 1.165) is 16.9 Å². The second-order valence-electron chi connectivity index (χ2n) is 4.56. The van der Waals surface area contributed by atoms with Crippen LogP contribution >= 0.6 is 0 Å². The third kappa shape index (κ3) is 3.00. The summed E-state index contributed by atoms with van der Waals surface area (Å²) in [5, 5.41) is 3.42. The van der Waals surface area contributed by atoms with Gasteiger partial charge in [-0.05, 0) is 33.8 Å². The molecule has 0 saturated carbocycles. The Hall–Kier alpha value is -1.09. The minimum absolute atomic E-state index is 0.0533. The first-order valence-corrected chi connectivity index (χ1v) is 4.86. The fourth-order valence-electron chi connectivity index (χ4n) is 1.27. The van der Waals surface area contributed by atoms with E-state index in [4.69, 9.17) is 5.73 Å². The second-order valence-corrected chi connectivity index (χ2v) is 4.56. The van der Waals surface area contributed by atoms with Crippen molar-refractivity contribution in [1.82, 2.24) is 4.98 Å². The van der Waals surface area contributed by atoms with E-state index in [9.17, 15) is 0 Å². The molecular formula is C11H19N3. The molecule has 0 saturated heterocycles. The number of aryl methyl sites for hydroxylation is 1. The Labute approximate surface area is 85.7 Å². The van der Waals surface area contributed by atoms with Gasteiger partial charge < -0.3 is 11.1 Å². The van der Waals surface area contributed by atoms with E-state index in [-0.39, 0.29) is 5.54 Å². The molecule has 3 N–H and O–H groups in total. The molecule has 0 aliphatic rings. The highest BCUT2D eigenvalue weighted by Gasteiger charge is 2.11. The molecule has 3 heteroatoms. The number of hydrogen-bond acceptors (Lipinski definition) is 3. The maximum absolute atomic E-state index is 5.64. The van der Waals surface area contributed by atoms with Gasteiger partial charge in [-0.1, -0.05) is 0 Å². The van der Waals surface area contributed by atoms with Crippen LogP contribution in [-0.4, -0.2) is 10.5 Å². The van der Waals surface area contributed by atoms with Gasteiger partial charge in [0.1, 0.15) is 0 Å². The van der Waals surface area contributed by atoms with Crippen molar-refractivity contribution in [2.45, 2.75) is 39.8 Å². The van der Waals surface area contributed by atoms with Crippen LogP contribution in [0.15, 0.2) is 12.3 Å². The van der Waals surface area contributed by atoms with Gasteiger partial charge in [0.2, 0.25) is 0 Å². The third-order valence-electron chi connectivity index (χ3n) is 1.85. The molecule has 1 rings (SSSR count). The molecule has 0 fully saturated rings. The predicted octanol–water partition coefficient (Wildman–Crippen LogP) is 2.06. The maximum Gasteiger partial charge on any atom is 0.0423 e. The molecule has 1 heterocycles. The number of nitrogens with zero attached hydrogens (tertiary/aromatic N) is 1. The summed E-state index contributed by atoms with van der Waals surface area (Å²) in [5.41, 5.74) is 8.85. The summed E-state index contributed by atoms with van der Waals surface area (Å²) in [6.45, 7) is 8.88. The summed E-state index contributed by atoms with van der Waals surface area (Å²) < 4.78 is 0. The number of aromatic nitrogens is 1. The first-order valence-electron chi connectivity index (χ1n) is 4.86. The number of nitrogens with one attached hydrogen (secondary N) is 1. The SMILES string of the molecule is Cc1cc(NC(C)(C)C)c(CN)cn1. The minimum Gasteiger partial charge on any atom is -0.380 e. The van der Waals surface area contributed by atoms with E-state index < -0.39 is 0 Å². The number of anilines is 1. The molecule has 0 radical (unpaired) electrons. The number of nitrogens with two attached hydrogens (primary N) is 1. The zero-order valence-corrected chi connectivity index (χ0v) is 9.39. The zero-order valence-electron chi connectivity index (χ0n) is 9.39. The molecule has 0 aliphatic heterocycles. The highest BCUT2D eigenvalue weighted by molar-refractivity contribution is 5.52. The molecule has 0 unspecified atom stereocenters. The fraction of sp³-hybridized carbons (Fsp3) is 0.545. The predicted molar refractivity (Wildman–Crippen MR) is 60.2 cm³/mol. The smallest absolute Gasteiger partial charge is 0.0423 e. The summed E-state index contributed by atoms with van der Waals surface area (Å²) in [6.07, 6.45) is 1.84. The van der Waals surface area contributed by atoms with E-state index in [2.05, 4.69) is 31.1 Å². The van der Waals surface area contributed by atoms with E-state index in [1.54, 1.807) is 0 Å². The quantitative estimate of drug-likeness (QED) is 0.756. The van der Waals surface area contributed by atoms with Gasteiger partial charge in [0.25, 0.3) is 0 Å². The standard InChI is InChI=1S/C11H19N3/c1-8-5-10(14-11(2,3)4)9(6-12)7-13-8/h5,7H,6,12H2,1-4H3,(H,13,14). The molecule has 0 atom stereocenters. The molecule has 0 spiro atoms. The molecule has 3 nitrogen and oxygen atoms in total. The minimum atomic E-state index is 0.0533. The van der Waals surface area contributed by atoms with Crippen LogP contribution in [0.4, 0.5) is 5.69 Å². The van der Waals surface area contributed by atoms with Gasteiger partial charge in [-0.15, -0.1) is 0 Å². The molecular weight excluding hydrogens is 174 g/mol. The van der Waals surface area contributed by atoms with Gasteiger partial charge in [0.15, 0.2) is 0 Å². The molecule has 1 aromatic heterocycles. The van der Waals surface area contributed by atoms with Crippen LogP contribution in [0.5, 0.6) is 0 Å². The Balaban J connectivity index is 2.99. The van der Waals surface area contributed by atoms with Crippen LogP contribution in [0.3, 0.4) is 0 Å². The van der Waals surface area contributed by atoms with Gasteiger partial charge in [-0.3, -0.25) is 4.98 Å². The van der Waals surface area contributed by atoms with Crippen molar-refractivity contribution in [3.63, 3.8) is 0 Å². The fourth-order valence-corrected chi connectivity index (χ4v) is 1.27. The van der Waals surface area contributed by atoms with E-state index in [1.807, 2.05) is 19.2 Å². The van der Waals surface area contributed by atoms with Crippen molar-refractivity contribution in [3.8, 4) is 0 Å². The first-order chi connectivity index (χ1) is 6.42. The molecule has 0 bridgehead atoms. The van der Waals surface area contributed by atoms with Crippen LogP contribution in [0, 0.1) is 6.92 Å². The Morgan fingerprint density at radius 3 is 2.57 bits per heavy atom. The van der Waals surface area contributed by atoms with E-state index >= 15 is 0 Å². The largest absolute Gasteiger partial charge is 0.380 e. The highest BCUT2D eigenvalue weighted by Crippen LogP contribution is 2.19. The highest BCUT2D eigenvalue weighted by atomic mass is 15.0. The Morgan fingerprint density at radius 2 is 2.07 bits per heavy atom. The van der Waals surface area contributed by atoms with Crippen molar-refractivity contribution >= 4 is 5.69 Å². The Kier molecular flexibility index (Phi) is 3.11. The lowest BCUT2D eigenvalue weighted by molar-refractivity contribution is 0.632. The van der Waals surface area contributed by atoms with Crippen molar-refractivity contribution in [3.05, 3.63) is 23.5 Å². The van der Waals surface area contributed by atoms with Gasteiger partial charge >= 0.3 is 0 Å². The lowest BCUT2D eigenvalue weighted by Crippen LogP contribution is -2.27. The normalized spacial score (nSPS) is 11.5. The first kappa shape index (κ1) is 11.0. The van der Waals surface area contributed by atoms with Crippen molar-refractivity contribution in [2.24, 2.45) is 5.73 Å². The van der Waals surface area contributed by atoms with Crippen molar-refractivity contribution < 1.29 is 0 Å². The van der Waals surface area contributed by atoms with Crippen LogP contribution in [-0.2, 0) is 6.54 Å². The summed E-state index contributed by atoms with van der Waals surface area (Å²) >= 11 is 0. The van der Waals surface area contributed by atoms with Crippen LogP contribution in [0.25, 0.3) is 0 Å². The topological polar surface area (TPSA) is 50.9 Å². The van der Waals surface area contributed by atoms with E-state index in [0.29, 0.717) is 6.54 Å².